The average Bonchev–Trinajstić information content (AvgIpc) is 2.75. The maximum Gasteiger partial charge on any atom is 0.416 e. The third-order valence-corrected chi connectivity index (χ3v) is 7.01. The van der Waals surface area contributed by atoms with Gasteiger partial charge < -0.3 is 9.64 Å². The number of esters is 1. The number of sulfonamides is 1. The van der Waals surface area contributed by atoms with Gasteiger partial charge in [0.05, 0.1) is 16.4 Å². The molecule has 7 nitrogen and oxygen atoms in total. The zero-order chi connectivity index (χ0) is 24.1. The molecule has 2 rings (SSSR count). The SMILES string of the molecule is C=C(C)CN(CC)C(=O)COC(=O)C1CCN(S(=O)(=O)c2cccc(C(F)(F)F)c2)CC1. The molecule has 1 heterocycles. The molecule has 0 aliphatic carbocycles. The zero-order valence-corrected chi connectivity index (χ0v) is 18.8. The largest absolute Gasteiger partial charge is 0.455 e. The maximum atomic E-state index is 12.9. The van der Waals surface area contributed by atoms with Crippen LogP contribution in [-0.2, 0) is 30.5 Å². The van der Waals surface area contributed by atoms with Crippen LogP contribution < -0.4 is 0 Å². The molecule has 0 spiro atoms. The van der Waals surface area contributed by atoms with Gasteiger partial charge >= 0.3 is 12.1 Å². The summed E-state index contributed by atoms with van der Waals surface area (Å²) in [7, 11) is -4.13. The van der Waals surface area contributed by atoms with E-state index in [4.69, 9.17) is 4.74 Å². The Labute approximate surface area is 185 Å². The minimum Gasteiger partial charge on any atom is -0.455 e. The summed E-state index contributed by atoms with van der Waals surface area (Å²) in [5, 5.41) is 0. The molecule has 0 atom stereocenters. The Morgan fingerprint density at radius 3 is 2.41 bits per heavy atom. The van der Waals surface area contributed by atoms with Gasteiger partial charge in [0, 0.05) is 26.2 Å². The van der Waals surface area contributed by atoms with Crippen molar-refractivity contribution in [3.05, 3.63) is 42.0 Å². The van der Waals surface area contributed by atoms with Crippen LogP contribution in [0.4, 0.5) is 13.2 Å². The lowest BCUT2D eigenvalue weighted by molar-refractivity contribution is -0.156. The van der Waals surface area contributed by atoms with E-state index in [2.05, 4.69) is 6.58 Å². The standard InChI is InChI=1S/C21H27F3N2O5S/c1-4-25(13-15(2)3)19(27)14-31-20(28)16-8-10-26(11-9-16)32(29,30)18-7-5-6-17(12-18)21(22,23)24/h5-7,12,16H,2,4,8-11,13-14H2,1,3H3. The van der Waals surface area contributed by atoms with Crippen LogP contribution in [0, 0.1) is 5.92 Å². The van der Waals surface area contributed by atoms with Gasteiger partial charge in [-0.3, -0.25) is 9.59 Å². The first kappa shape index (κ1) is 25.9. The third kappa shape index (κ3) is 6.55. The second kappa shape index (κ2) is 10.5. The number of piperidine rings is 1. The summed E-state index contributed by atoms with van der Waals surface area (Å²) >= 11 is 0. The predicted molar refractivity (Wildman–Crippen MR) is 111 cm³/mol. The molecular weight excluding hydrogens is 449 g/mol. The summed E-state index contributed by atoms with van der Waals surface area (Å²) < 4.78 is 70.4. The maximum absolute atomic E-state index is 12.9. The normalized spacial score (nSPS) is 15.9. The summed E-state index contributed by atoms with van der Waals surface area (Å²) in [6.07, 6.45) is -4.36. The van der Waals surface area contributed by atoms with Gasteiger partial charge in [-0.15, -0.1) is 0 Å². The Morgan fingerprint density at radius 1 is 1.25 bits per heavy atom. The van der Waals surface area contributed by atoms with Crippen molar-refractivity contribution in [3.8, 4) is 0 Å². The van der Waals surface area contributed by atoms with Crippen molar-refractivity contribution < 1.29 is 35.9 Å². The highest BCUT2D eigenvalue weighted by Crippen LogP contribution is 2.32. The number of likely N-dealkylation sites (N-methyl/N-ethyl adjacent to an activating group) is 1. The number of rotatable bonds is 8. The molecule has 32 heavy (non-hydrogen) atoms. The minimum absolute atomic E-state index is 0.0387. The Balaban J connectivity index is 1.94. The molecule has 0 radical (unpaired) electrons. The number of alkyl halides is 3. The zero-order valence-electron chi connectivity index (χ0n) is 18.0. The van der Waals surface area contributed by atoms with E-state index in [1.807, 2.05) is 0 Å². The molecule has 1 aromatic rings. The second-order valence-electron chi connectivity index (χ2n) is 7.68. The minimum atomic E-state index is -4.66. The van der Waals surface area contributed by atoms with Crippen LogP contribution in [0.2, 0.25) is 0 Å². The fourth-order valence-electron chi connectivity index (χ4n) is 3.36. The molecule has 0 aromatic heterocycles. The number of carbonyl (C=O) groups excluding carboxylic acids is 2. The molecule has 1 aliphatic rings. The van der Waals surface area contributed by atoms with E-state index in [0.29, 0.717) is 19.2 Å². The lowest BCUT2D eigenvalue weighted by Gasteiger charge is -2.30. The number of amides is 1. The summed E-state index contributed by atoms with van der Waals surface area (Å²) in [5.74, 6) is -1.54. The molecule has 1 fully saturated rings. The van der Waals surface area contributed by atoms with Gasteiger partial charge in [-0.05, 0) is 44.9 Å². The van der Waals surface area contributed by atoms with Crippen molar-refractivity contribution >= 4 is 21.9 Å². The number of nitrogens with zero attached hydrogens (tertiary/aromatic N) is 2. The molecule has 0 N–H and O–H groups in total. The molecule has 1 amide bonds. The highest BCUT2D eigenvalue weighted by Gasteiger charge is 2.35. The first-order valence-corrected chi connectivity index (χ1v) is 11.6. The molecule has 1 saturated heterocycles. The highest BCUT2D eigenvalue weighted by molar-refractivity contribution is 7.89. The number of halogens is 3. The van der Waals surface area contributed by atoms with E-state index in [0.717, 1.165) is 28.1 Å². The highest BCUT2D eigenvalue weighted by atomic mass is 32.2. The van der Waals surface area contributed by atoms with Gasteiger partial charge in [0.2, 0.25) is 10.0 Å². The first-order valence-electron chi connectivity index (χ1n) is 10.1. The predicted octanol–water partition coefficient (Wildman–Crippen LogP) is 3.07. The third-order valence-electron chi connectivity index (χ3n) is 5.12. The van der Waals surface area contributed by atoms with Crippen molar-refractivity contribution in [1.29, 1.82) is 0 Å². The summed E-state index contributed by atoms with van der Waals surface area (Å²) in [5.41, 5.74) is -0.254. The molecule has 11 heteroatoms. The van der Waals surface area contributed by atoms with Crippen LogP contribution in [0.3, 0.4) is 0 Å². The van der Waals surface area contributed by atoms with Gasteiger partial charge in [0.15, 0.2) is 6.61 Å². The first-order chi connectivity index (χ1) is 14.9. The van der Waals surface area contributed by atoms with Crippen LogP contribution in [0.15, 0.2) is 41.3 Å². The van der Waals surface area contributed by atoms with Crippen molar-refractivity contribution in [3.63, 3.8) is 0 Å². The van der Waals surface area contributed by atoms with Crippen LogP contribution in [0.1, 0.15) is 32.3 Å². The Bertz CT molecular complexity index is 954. The van der Waals surface area contributed by atoms with Gasteiger partial charge in [-0.25, -0.2) is 8.42 Å². The quantitative estimate of drug-likeness (QED) is 0.425. The number of carbonyl (C=O) groups is 2. The number of hydrogen-bond donors (Lipinski definition) is 0. The Morgan fingerprint density at radius 2 is 1.88 bits per heavy atom. The number of ether oxygens (including phenoxy) is 1. The van der Waals surface area contributed by atoms with Crippen molar-refractivity contribution in [2.45, 2.75) is 37.8 Å². The van der Waals surface area contributed by atoms with E-state index < -0.39 is 45.2 Å². The molecule has 0 saturated carbocycles. The van der Waals surface area contributed by atoms with Crippen molar-refractivity contribution in [2.24, 2.45) is 5.92 Å². The van der Waals surface area contributed by atoms with Crippen LogP contribution >= 0.6 is 0 Å². The Hall–Kier alpha value is -2.40. The second-order valence-corrected chi connectivity index (χ2v) is 9.61. The fourth-order valence-corrected chi connectivity index (χ4v) is 4.87. The van der Waals surface area contributed by atoms with Crippen LogP contribution in [0.5, 0.6) is 0 Å². The van der Waals surface area contributed by atoms with Gasteiger partial charge in [-0.1, -0.05) is 18.2 Å². The van der Waals surface area contributed by atoms with E-state index in [-0.39, 0.29) is 31.8 Å². The summed E-state index contributed by atoms with van der Waals surface area (Å²) in [4.78, 5) is 25.5. The van der Waals surface area contributed by atoms with Gasteiger partial charge in [0.1, 0.15) is 0 Å². The van der Waals surface area contributed by atoms with E-state index in [1.165, 1.54) is 4.90 Å². The Kier molecular flexibility index (Phi) is 8.47. The average molecular weight is 477 g/mol. The van der Waals surface area contributed by atoms with Crippen molar-refractivity contribution in [1.82, 2.24) is 9.21 Å². The topological polar surface area (TPSA) is 84.0 Å². The lowest BCUT2D eigenvalue weighted by Crippen LogP contribution is -2.41. The number of hydrogen-bond acceptors (Lipinski definition) is 5. The van der Waals surface area contributed by atoms with E-state index in [9.17, 15) is 31.2 Å². The molecule has 1 aromatic carbocycles. The van der Waals surface area contributed by atoms with E-state index in [1.54, 1.807) is 13.8 Å². The van der Waals surface area contributed by atoms with E-state index >= 15 is 0 Å². The number of benzene rings is 1. The van der Waals surface area contributed by atoms with Crippen LogP contribution in [-0.4, -0.2) is 62.3 Å². The van der Waals surface area contributed by atoms with Gasteiger partial charge in [-0.2, -0.15) is 17.5 Å². The smallest absolute Gasteiger partial charge is 0.416 e. The molecule has 0 unspecified atom stereocenters. The molecular formula is C21H27F3N2O5S. The van der Waals surface area contributed by atoms with Crippen molar-refractivity contribution in [2.75, 3.05) is 32.8 Å². The lowest BCUT2D eigenvalue weighted by atomic mass is 9.98. The monoisotopic (exact) mass is 476 g/mol. The molecule has 0 bridgehead atoms. The fraction of sp³-hybridized carbons (Fsp3) is 0.524. The molecule has 1 aliphatic heterocycles. The summed E-state index contributed by atoms with van der Waals surface area (Å²) in [6.45, 7) is 7.63. The van der Waals surface area contributed by atoms with Gasteiger partial charge in [0.25, 0.3) is 5.91 Å². The van der Waals surface area contributed by atoms with Crippen LogP contribution in [0.25, 0.3) is 0 Å². The summed E-state index contributed by atoms with van der Waals surface area (Å²) in [6, 6.07) is 3.57. The molecule has 178 valence electrons.